The van der Waals surface area contributed by atoms with Gasteiger partial charge in [0.15, 0.2) is 0 Å². The summed E-state index contributed by atoms with van der Waals surface area (Å²) in [5, 5.41) is 9.77. The molecule has 0 spiro atoms. The Morgan fingerprint density at radius 3 is 2.08 bits per heavy atom. The highest BCUT2D eigenvalue weighted by Gasteiger charge is 2.15. The van der Waals surface area contributed by atoms with Crippen LogP contribution < -0.4 is 0 Å². The van der Waals surface area contributed by atoms with E-state index in [-0.39, 0.29) is 6.10 Å². The first kappa shape index (κ1) is 12.0. The quantitative estimate of drug-likeness (QED) is 0.624. The fourth-order valence-electron chi connectivity index (χ4n) is 1.69. The molecule has 0 saturated carbocycles. The molecule has 0 aromatic rings. The van der Waals surface area contributed by atoms with E-state index in [2.05, 4.69) is 20.8 Å². The maximum atomic E-state index is 9.77. The summed E-state index contributed by atoms with van der Waals surface area (Å²) in [6, 6.07) is 0. The molecular formula is C11H24O. The third-order valence-electron chi connectivity index (χ3n) is 2.58. The summed E-state index contributed by atoms with van der Waals surface area (Å²) in [6.45, 7) is 6.54. The molecule has 0 aliphatic heterocycles. The van der Waals surface area contributed by atoms with E-state index in [0.717, 1.165) is 12.8 Å². The predicted molar refractivity (Wildman–Crippen MR) is 54.2 cm³/mol. The van der Waals surface area contributed by atoms with Gasteiger partial charge in [0.05, 0.1) is 6.10 Å². The van der Waals surface area contributed by atoms with Gasteiger partial charge in [-0.15, -0.1) is 0 Å². The Morgan fingerprint density at radius 1 is 1.00 bits per heavy atom. The van der Waals surface area contributed by atoms with Gasteiger partial charge in [-0.25, -0.2) is 0 Å². The second kappa shape index (κ2) is 7.60. The van der Waals surface area contributed by atoms with Crippen molar-refractivity contribution in [3.63, 3.8) is 0 Å². The summed E-state index contributed by atoms with van der Waals surface area (Å²) in [4.78, 5) is 0. The Balaban J connectivity index is 3.60. The van der Waals surface area contributed by atoms with Crippen molar-refractivity contribution in [2.75, 3.05) is 0 Å². The summed E-state index contributed by atoms with van der Waals surface area (Å²) in [7, 11) is 0. The lowest BCUT2D eigenvalue weighted by Crippen LogP contribution is -2.19. The highest BCUT2D eigenvalue weighted by Crippen LogP contribution is 2.19. The molecule has 0 aliphatic carbocycles. The minimum Gasteiger partial charge on any atom is -0.393 e. The highest BCUT2D eigenvalue weighted by atomic mass is 16.3. The van der Waals surface area contributed by atoms with Crippen LogP contribution in [0.15, 0.2) is 0 Å². The van der Waals surface area contributed by atoms with Crippen LogP contribution in [0.4, 0.5) is 0 Å². The van der Waals surface area contributed by atoms with Crippen molar-refractivity contribution in [3.8, 4) is 0 Å². The van der Waals surface area contributed by atoms with E-state index in [9.17, 15) is 5.11 Å². The number of hydrogen-bond acceptors (Lipinski definition) is 1. The molecule has 2 atom stereocenters. The van der Waals surface area contributed by atoms with Crippen molar-refractivity contribution in [2.24, 2.45) is 5.92 Å². The van der Waals surface area contributed by atoms with Gasteiger partial charge in [0, 0.05) is 0 Å². The highest BCUT2D eigenvalue weighted by molar-refractivity contribution is 4.66. The van der Waals surface area contributed by atoms with Crippen molar-refractivity contribution in [1.82, 2.24) is 0 Å². The lowest BCUT2D eigenvalue weighted by atomic mass is 9.91. The number of aliphatic hydroxyl groups excluding tert-OH is 1. The molecule has 12 heavy (non-hydrogen) atoms. The first-order valence-electron chi connectivity index (χ1n) is 5.44. The Labute approximate surface area is 77.2 Å². The zero-order chi connectivity index (χ0) is 9.40. The second-order valence-corrected chi connectivity index (χ2v) is 3.67. The van der Waals surface area contributed by atoms with Crippen LogP contribution in [0.2, 0.25) is 0 Å². The monoisotopic (exact) mass is 172 g/mol. The minimum atomic E-state index is -0.0464. The molecule has 1 N–H and O–H groups in total. The first-order chi connectivity index (χ1) is 5.76. The standard InChI is InChI=1S/C11H24O/c1-4-7-9-11(12)10(6-3)8-5-2/h10-12H,4-9H2,1-3H3. The SMILES string of the molecule is CCCCC(O)C(CC)CCC. The van der Waals surface area contributed by atoms with Crippen molar-refractivity contribution in [2.45, 2.75) is 65.4 Å². The van der Waals surface area contributed by atoms with Crippen LogP contribution in [0.1, 0.15) is 59.3 Å². The Morgan fingerprint density at radius 2 is 1.67 bits per heavy atom. The molecule has 0 amide bonds. The molecule has 74 valence electrons. The molecule has 0 saturated heterocycles. The number of hydrogen-bond donors (Lipinski definition) is 1. The molecule has 0 aliphatic rings. The van der Waals surface area contributed by atoms with Crippen LogP contribution in [0.25, 0.3) is 0 Å². The summed E-state index contributed by atoms with van der Waals surface area (Å²) in [6.07, 6.45) is 6.81. The molecule has 1 nitrogen and oxygen atoms in total. The van der Waals surface area contributed by atoms with Gasteiger partial charge in [-0.1, -0.05) is 46.5 Å². The lowest BCUT2D eigenvalue weighted by molar-refractivity contribution is 0.0889. The maximum Gasteiger partial charge on any atom is 0.0568 e. The van der Waals surface area contributed by atoms with Gasteiger partial charge in [-0.2, -0.15) is 0 Å². The van der Waals surface area contributed by atoms with Crippen molar-refractivity contribution in [3.05, 3.63) is 0 Å². The molecule has 2 unspecified atom stereocenters. The van der Waals surface area contributed by atoms with E-state index in [4.69, 9.17) is 0 Å². The molecule has 0 radical (unpaired) electrons. The molecular weight excluding hydrogens is 148 g/mol. The van der Waals surface area contributed by atoms with Gasteiger partial charge in [0.2, 0.25) is 0 Å². The fraction of sp³-hybridized carbons (Fsp3) is 1.00. The van der Waals surface area contributed by atoms with Crippen molar-refractivity contribution in [1.29, 1.82) is 0 Å². The van der Waals surface area contributed by atoms with Crippen LogP contribution >= 0.6 is 0 Å². The average molecular weight is 172 g/mol. The predicted octanol–water partition coefficient (Wildman–Crippen LogP) is 3.36. The number of aliphatic hydroxyl groups is 1. The maximum absolute atomic E-state index is 9.77. The Hall–Kier alpha value is -0.0400. The third kappa shape index (κ3) is 4.76. The van der Waals surface area contributed by atoms with Crippen LogP contribution in [0.3, 0.4) is 0 Å². The number of unbranched alkanes of at least 4 members (excludes halogenated alkanes) is 1. The molecule has 0 bridgehead atoms. The van der Waals surface area contributed by atoms with E-state index in [1.54, 1.807) is 0 Å². The van der Waals surface area contributed by atoms with E-state index < -0.39 is 0 Å². The third-order valence-corrected chi connectivity index (χ3v) is 2.58. The molecule has 0 aromatic carbocycles. The van der Waals surface area contributed by atoms with Crippen LogP contribution in [0.5, 0.6) is 0 Å². The fourth-order valence-corrected chi connectivity index (χ4v) is 1.69. The summed E-state index contributed by atoms with van der Waals surface area (Å²) in [5.74, 6) is 0.543. The van der Waals surface area contributed by atoms with Gasteiger partial charge in [-0.3, -0.25) is 0 Å². The van der Waals surface area contributed by atoms with Crippen LogP contribution in [0, 0.1) is 5.92 Å². The summed E-state index contributed by atoms with van der Waals surface area (Å²) >= 11 is 0. The van der Waals surface area contributed by atoms with Crippen molar-refractivity contribution >= 4 is 0 Å². The van der Waals surface area contributed by atoms with Crippen LogP contribution in [-0.2, 0) is 0 Å². The van der Waals surface area contributed by atoms with E-state index in [1.165, 1.54) is 25.7 Å². The van der Waals surface area contributed by atoms with Gasteiger partial charge in [-0.05, 0) is 18.8 Å². The summed E-state index contributed by atoms with van der Waals surface area (Å²) < 4.78 is 0. The molecule has 0 fully saturated rings. The average Bonchev–Trinajstić information content (AvgIpc) is 2.10. The first-order valence-corrected chi connectivity index (χ1v) is 5.44. The van der Waals surface area contributed by atoms with E-state index >= 15 is 0 Å². The van der Waals surface area contributed by atoms with Crippen molar-refractivity contribution < 1.29 is 5.11 Å². The van der Waals surface area contributed by atoms with Gasteiger partial charge >= 0.3 is 0 Å². The van der Waals surface area contributed by atoms with Crippen LogP contribution in [-0.4, -0.2) is 11.2 Å². The topological polar surface area (TPSA) is 20.2 Å². The van der Waals surface area contributed by atoms with E-state index in [0.29, 0.717) is 5.92 Å². The second-order valence-electron chi connectivity index (χ2n) is 3.67. The van der Waals surface area contributed by atoms with E-state index in [1.807, 2.05) is 0 Å². The largest absolute Gasteiger partial charge is 0.393 e. The zero-order valence-corrected chi connectivity index (χ0v) is 8.84. The molecule has 0 aromatic heterocycles. The number of rotatable bonds is 7. The molecule has 1 heteroatoms. The Kier molecular flexibility index (Phi) is 7.58. The smallest absolute Gasteiger partial charge is 0.0568 e. The van der Waals surface area contributed by atoms with Gasteiger partial charge < -0.3 is 5.11 Å². The molecule has 0 rings (SSSR count). The van der Waals surface area contributed by atoms with Gasteiger partial charge in [0.1, 0.15) is 0 Å². The minimum absolute atomic E-state index is 0.0464. The zero-order valence-electron chi connectivity index (χ0n) is 8.84. The Bertz CT molecular complexity index is 91.0. The molecule has 0 heterocycles. The van der Waals surface area contributed by atoms with Gasteiger partial charge in [0.25, 0.3) is 0 Å². The normalized spacial score (nSPS) is 16.0. The lowest BCUT2D eigenvalue weighted by Gasteiger charge is -2.20. The summed E-state index contributed by atoms with van der Waals surface area (Å²) in [5.41, 5.74) is 0.